The van der Waals surface area contributed by atoms with Gasteiger partial charge in [0.25, 0.3) is 38.0 Å². The molecular weight excluding hydrogens is 1030 g/mol. The van der Waals surface area contributed by atoms with Crippen molar-refractivity contribution >= 4 is 174 Å². The molecule has 70 heavy (non-hydrogen) atoms. The third kappa shape index (κ3) is 10.2. The Hall–Kier alpha value is -3.98. The summed E-state index contributed by atoms with van der Waals surface area (Å²) in [6, 6.07) is 15.6. The first-order valence-electron chi connectivity index (χ1n) is 21.6. The average Bonchev–Trinajstić information content (AvgIpc) is 3.77. The minimum absolute atomic E-state index is 0. The number of thiocarbonyl (C=S) groups is 1. The Balaban J connectivity index is 0.00000722. The fourth-order valence-corrected chi connectivity index (χ4v) is 12.0. The first-order valence-corrected chi connectivity index (χ1v) is 27.2. The average molecular weight is 1080 g/mol. The van der Waals surface area contributed by atoms with Crippen molar-refractivity contribution in [2.24, 2.45) is 0 Å². The number of rotatable bonds is 14. The number of imide groups is 1. The van der Waals surface area contributed by atoms with Crippen LogP contribution in [-0.4, -0.2) is 149 Å². The van der Waals surface area contributed by atoms with Crippen molar-refractivity contribution in [3.8, 4) is 0 Å². The van der Waals surface area contributed by atoms with Gasteiger partial charge in [-0.1, -0.05) is 50.7 Å². The fraction of sp³-hybridized carbons (Fsp3) is 0.319. The van der Waals surface area contributed by atoms with E-state index in [0.717, 1.165) is 28.6 Å². The second-order valence-corrected chi connectivity index (χ2v) is 23.8. The van der Waals surface area contributed by atoms with Crippen molar-refractivity contribution in [3.05, 3.63) is 106 Å². The second kappa shape index (κ2) is 19.5. The molecule has 0 atom stereocenters. The number of amides is 3. The van der Waals surface area contributed by atoms with Gasteiger partial charge in [-0.15, -0.1) is 17.7 Å². The zero-order valence-electron chi connectivity index (χ0n) is 38.9. The minimum Gasteiger partial charge on any atom is -0.344 e. The van der Waals surface area contributed by atoms with E-state index in [2.05, 4.69) is 4.90 Å². The third-order valence-corrected chi connectivity index (χ3v) is 16.1. The number of anilines is 1. The summed E-state index contributed by atoms with van der Waals surface area (Å²) in [5.41, 5.74) is 3.96. The summed E-state index contributed by atoms with van der Waals surface area (Å²) in [6.45, 7) is 7.93. The summed E-state index contributed by atoms with van der Waals surface area (Å²) in [4.78, 5) is 57.3. The van der Waals surface area contributed by atoms with Gasteiger partial charge in [0.15, 0.2) is 5.71 Å². The van der Waals surface area contributed by atoms with Crippen LogP contribution in [0.25, 0.3) is 21.5 Å². The Kier molecular flexibility index (Phi) is 15.0. The number of hydroxylamine groups is 2. The van der Waals surface area contributed by atoms with Gasteiger partial charge in [0.2, 0.25) is 22.3 Å². The van der Waals surface area contributed by atoms with Gasteiger partial charge in [-0.25, -0.2) is 17.9 Å². The van der Waals surface area contributed by atoms with Crippen molar-refractivity contribution in [1.82, 2.24) is 9.79 Å². The maximum Gasteiger partial charge on any atom is 0.333 e. The van der Waals surface area contributed by atoms with Crippen molar-refractivity contribution < 1.29 is 63.0 Å². The molecule has 3 aliphatic heterocycles. The SMILES string of the molecule is CC1(C)C(/C=C2\C(=S)C(/C=C3/N(CCCCCC(=O)ON4C(=O)CCC4=O)c4ccc5cc(S(=O)(=O)O)ccc5c4C3(C)C)=C2S)=[N+](CC(=O)NS(C)(=O)=O)c2ccc3cc(S(=O)(=O)O)ccc3c21.[K]. The number of thiol groups is 1. The largest absolute Gasteiger partial charge is 0.344 e. The molecule has 0 aromatic heterocycles. The van der Waals surface area contributed by atoms with Gasteiger partial charge >= 0.3 is 5.97 Å². The molecule has 363 valence electrons. The van der Waals surface area contributed by atoms with E-state index < -0.39 is 71.3 Å². The molecule has 3 amide bonds. The van der Waals surface area contributed by atoms with Crippen molar-refractivity contribution in [3.63, 3.8) is 0 Å². The first-order chi connectivity index (χ1) is 32.1. The molecule has 4 aromatic carbocycles. The van der Waals surface area contributed by atoms with Gasteiger partial charge < -0.3 is 9.74 Å². The topological polar surface area (TPSA) is 242 Å². The quantitative estimate of drug-likeness (QED) is 0.0168. The van der Waals surface area contributed by atoms with Gasteiger partial charge in [0.05, 0.1) is 26.3 Å². The van der Waals surface area contributed by atoms with Crippen molar-refractivity contribution in [2.45, 2.75) is 86.8 Å². The van der Waals surface area contributed by atoms with Crippen LogP contribution in [0.1, 0.15) is 77.3 Å². The molecule has 0 saturated carbocycles. The third-order valence-electron chi connectivity index (χ3n) is 12.9. The summed E-state index contributed by atoms with van der Waals surface area (Å²) in [5.74, 6) is -2.61. The smallest absolute Gasteiger partial charge is 0.333 e. The Bertz CT molecular complexity index is 3490. The first kappa shape index (κ1) is 53.8. The van der Waals surface area contributed by atoms with E-state index in [0.29, 0.717) is 84.9 Å². The van der Waals surface area contributed by atoms with Crippen LogP contribution < -0.4 is 9.62 Å². The molecule has 17 nitrogen and oxygen atoms in total. The summed E-state index contributed by atoms with van der Waals surface area (Å²) < 4.78 is 95.9. The number of hydrogen-bond donors (Lipinski definition) is 4. The molecule has 1 radical (unpaired) electrons. The number of fused-ring (bicyclic) bond motifs is 6. The molecule has 0 bridgehead atoms. The Labute approximate surface area is 458 Å². The van der Waals surface area contributed by atoms with E-state index in [-0.39, 0.29) is 80.4 Å². The molecule has 4 aromatic rings. The van der Waals surface area contributed by atoms with Crippen molar-refractivity contribution in [1.29, 1.82) is 0 Å². The van der Waals surface area contributed by atoms with Gasteiger partial charge in [-0.05, 0) is 96.3 Å². The molecule has 23 heteroatoms. The Morgan fingerprint density at radius 2 is 1.39 bits per heavy atom. The molecule has 0 spiro atoms. The predicted molar refractivity (Wildman–Crippen MR) is 270 cm³/mol. The van der Waals surface area contributed by atoms with Gasteiger partial charge in [-0.2, -0.15) is 21.4 Å². The second-order valence-electron chi connectivity index (χ2n) is 18.3. The van der Waals surface area contributed by atoms with E-state index in [1.165, 1.54) is 24.3 Å². The molecule has 1 fully saturated rings. The number of sulfonamides is 1. The number of nitrogens with zero attached hydrogens (tertiary/aromatic N) is 3. The number of unbranched alkanes of at least 4 members (excludes halogenated alkanes) is 2. The fourth-order valence-electron chi connectivity index (χ4n) is 9.68. The number of benzene rings is 4. The number of hydrogen-bond acceptors (Lipinski definition) is 14. The van der Waals surface area contributed by atoms with Crippen LogP contribution in [0.15, 0.2) is 104 Å². The molecule has 3 heterocycles. The van der Waals surface area contributed by atoms with E-state index in [9.17, 15) is 53.5 Å². The Morgan fingerprint density at radius 3 is 1.94 bits per heavy atom. The summed E-state index contributed by atoms with van der Waals surface area (Å²) in [6.07, 6.45) is 6.17. The standard InChI is InChI=1S/C47H46N4O13S5.K/c1-46(2)36(49(20-8-6-7-9-41(55)64-51-39(53)18-19-40(51)54)34-16-10-26-21-28(68(58,59)60)12-14-30(26)42(34)46)23-32-44(65)33(45(32)66)24-37-47(3,4)43-31-15-13-29(69(61,62)63)22-27(31)11-17-35(43)50(37)25-38(52)48-67(5,56)57;/h10-17,21-24H,6-9,18-20,25H2,1-5H3,(H3-,48,52,58,59,60,61,62,63,65,66);/p+1. The summed E-state index contributed by atoms with van der Waals surface area (Å²) in [7, 11) is -12.9. The van der Waals surface area contributed by atoms with Crippen LogP contribution in [0, 0.1) is 0 Å². The van der Waals surface area contributed by atoms with Crippen LogP contribution in [0.5, 0.6) is 0 Å². The maximum atomic E-state index is 13.3. The van der Waals surface area contributed by atoms with Gasteiger partial charge in [0, 0.05) is 128 Å². The van der Waals surface area contributed by atoms with Crippen LogP contribution in [-0.2, 0) is 65.1 Å². The normalized spacial score (nSPS) is 18.8. The van der Waals surface area contributed by atoms with Crippen LogP contribution in [0.4, 0.5) is 11.4 Å². The predicted octanol–water partition coefficient (Wildman–Crippen LogP) is 5.90. The molecule has 1 saturated heterocycles. The molecule has 8 rings (SSSR count). The number of nitrogens with one attached hydrogen (secondary N) is 1. The Morgan fingerprint density at radius 1 is 0.814 bits per heavy atom. The van der Waals surface area contributed by atoms with Gasteiger partial charge in [-0.3, -0.25) is 23.5 Å². The van der Waals surface area contributed by atoms with Crippen LogP contribution in [0.3, 0.4) is 0 Å². The minimum atomic E-state index is -4.52. The molecular formula is C47H47KN4O13S5+. The number of carbonyl (C=O) groups is 4. The molecule has 1 aliphatic carbocycles. The van der Waals surface area contributed by atoms with E-state index >= 15 is 0 Å². The van der Waals surface area contributed by atoms with E-state index in [1.54, 1.807) is 34.9 Å². The maximum absolute atomic E-state index is 13.3. The molecule has 0 unspecified atom stereocenters. The van der Waals surface area contributed by atoms with Crippen LogP contribution in [0.2, 0.25) is 0 Å². The number of carbonyl (C=O) groups excluding carboxylic acids is 4. The van der Waals surface area contributed by atoms with Crippen LogP contribution >= 0.6 is 24.8 Å². The summed E-state index contributed by atoms with van der Waals surface area (Å²) in [5, 5.41) is 3.00. The van der Waals surface area contributed by atoms with E-state index in [1.807, 2.05) is 50.6 Å². The van der Waals surface area contributed by atoms with Crippen molar-refractivity contribution in [2.75, 3.05) is 24.2 Å². The monoisotopic (exact) mass is 1070 g/mol. The molecule has 3 N–H and O–H groups in total. The number of allylic oxidation sites excluding steroid dienone is 5. The zero-order chi connectivity index (χ0) is 50.3. The molecule has 4 aliphatic rings. The van der Waals surface area contributed by atoms with Gasteiger partial charge in [0.1, 0.15) is 0 Å². The van der Waals surface area contributed by atoms with E-state index in [4.69, 9.17) is 29.7 Å². The zero-order valence-corrected chi connectivity index (χ0v) is 46.2. The summed E-state index contributed by atoms with van der Waals surface area (Å²) >= 11 is 11.1.